The van der Waals surface area contributed by atoms with Crippen LogP contribution >= 0.6 is 0 Å². The van der Waals surface area contributed by atoms with Gasteiger partial charge in [0.2, 0.25) is 0 Å². The van der Waals surface area contributed by atoms with Gasteiger partial charge in [0.05, 0.1) is 36.7 Å². The van der Waals surface area contributed by atoms with Crippen molar-refractivity contribution in [1.82, 2.24) is 0 Å². The summed E-state index contributed by atoms with van der Waals surface area (Å²) in [4.78, 5) is 33.9. The quantitative estimate of drug-likeness (QED) is 0.0722. The van der Waals surface area contributed by atoms with E-state index in [1.165, 1.54) is 0 Å². The van der Waals surface area contributed by atoms with E-state index < -0.39 is 11.9 Å². The van der Waals surface area contributed by atoms with Crippen LogP contribution in [-0.4, -0.2) is 38.6 Å². The maximum absolute atomic E-state index is 12.4. The lowest BCUT2D eigenvalue weighted by atomic mass is 10.2. The Morgan fingerprint density at radius 2 is 0.882 bits per heavy atom. The summed E-state index contributed by atoms with van der Waals surface area (Å²) in [6, 6.07) is 42.5. The molecule has 0 atom stereocenters. The van der Waals surface area contributed by atoms with Gasteiger partial charge in [0.1, 0.15) is 34.5 Å². The molecule has 6 aromatic carbocycles. The van der Waals surface area contributed by atoms with E-state index in [0.29, 0.717) is 51.3 Å². The maximum atomic E-state index is 12.4. The number of rotatable bonds is 12. The molecule has 0 aromatic heterocycles. The van der Waals surface area contributed by atoms with Gasteiger partial charge >= 0.3 is 11.9 Å². The molecule has 6 aromatic rings. The van der Waals surface area contributed by atoms with Crippen LogP contribution in [-0.2, 0) is 0 Å². The molecule has 252 valence electrons. The highest BCUT2D eigenvalue weighted by molar-refractivity contribution is 5.92. The van der Waals surface area contributed by atoms with Crippen LogP contribution in [0.4, 0.5) is 11.4 Å². The standard InChI is InChI=1S/C42H32N2O7/c1-47-35-20-10-31(11-21-35)41(45)50-38-16-6-29(7-17-38)27-43-33-14-24-37(25-15-33)49-40-5-3-4-34(26-40)44-28-30-8-18-39(19-9-30)51-42(46)32-12-22-36(48-2)23-13-32/h3-28H,1-2H3. The molecule has 0 amide bonds. The molecule has 0 fully saturated rings. The van der Waals surface area contributed by atoms with Crippen molar-refractivity contribution >= 4 is 35.7 Å². The van der Waals surface area contributed by atoms with E-state index in [1.807, 2.05) is 72.8 Å². The third-order valence-corrected chi connectivity index (χ3v) is 7.45. The van der Waals surface area contributed by atoms with E-state index in [-0.39, 0.29) is 0 Å². The van der Waals surface area contributed by atoms with Crippen LogP contribution in [0.3, 0.4) is 0 Å². The zero-order chi connectivity index (χ0) is 35.4. The van der Waals surface area contributed by atoms with Crippen LogP contribution in [0.5, 0.6) is 34.5 Å². The Hall–Kier alpha value is -7.00. The van der Waals surface area contributed by atoms with Gasteiger partial charge in [-0.25, -0.2) is 9.59 Å². The average Bonchev–Trinajstić information content (AvgIpc) is 3.18. The Morgan fingerprint density at radius 3 is 1.35 bits per heavy atom. The fraction of sp³-hybridized carbons (Fsp3) is 0.0476. The summed E-state index contributed by atoms with van der Waals surface area (Å²) in [7, 11) is 3.14. The minimum absolute atomic E-state index is 0.431. The normalized spacial score (nSPS) is 10.9. The molecule has 0 bridgehead atoms. The molecule has 0 saturated carbocycles. The lowest BCUT2D eigenvalue weighted by Crippen LogP contribution is -2.08. The molecular weight excluding hydrogens is 644 g/mol. The van der Waals surface area contributed by atoms with Crippen molar-refractivity contribution < 1.29 is 33.3 Å². The number of hydrogen-bond donors (Lipinski definition) is 0. The molecule has 9 nitrogen and oxygen atoms in total. The number of carbonyl (C=O) groups excluding carboxylic acids is 2. The van der Waals surface area contributed by atoms with Crippen molar-refractivity contribution in [3.8, 4) is 34.5 Å². The second kappa shape index (κ2) is 16.4. The minimum Gasteiger partial charge on any atom is -0.497 e. The summed E-state index contributed by atoms with van der Waals surface area (Å²) >= 11 is 0. The van der Waals surface area contributed by atoms with Crippen LogP contribution in [0.25, 0.3) is 0 Å². The largest absolute Gasteiger partial charge is 0.497 e. The van der Waals surface area contributed by atoms with Crippen molar-refractivity contribution in [2.75, 3.05) is 14.2 Å². The summed E-state index contributed by atoms with van der Waals surface area (Å²) in [6.45, 7) is 0. The van der Waals surface area contributed by atoms with Crippen LogP contribution < -0.4 is 23.7 Å². The molecule has 0 unspecified atom stereocenters. The zero-order valence-electron chi connectivity index (χ0n) is 27.8. The van der Waals surface area contributed by atoms with Gasteiger partial charge in [0.25, 0.3) is 0 Å². The number of benzene rings is 6. The topological polar surface area (TPSA) is 105 Å². The number of ether oxygens (including phenoxy) is 5. The van der Waals surface area contributed by atoms with E-state index in [9.17, 15) is 9.59 Å². The summed E-state index contributed by atoms with van der Waals surface area (Å²) in [6.07, 6.45) is 3.46. The Labute approximate surface area is 295 Å². The first kappa shape index (κ1) is 33.9. The number of esters is 2. The molecule has 0 radical (unpaired) electrons. The molecule has 0 saturated heterocycles. The molecule has 0 spiro atoms. The lowest BCUT2D eigenvalue weighted by molar-refractivity contribution is 0.0725. The number of aliphatic imine (C=N–C) groups is 2. The van der Waals surface area contributed by atoms with E-state index in [2.05, 4.69) is 9.98 Å². The highest BCUT2D eigenvalue weighted by atomic mass is 16.5. The lowest BCUT2D eigenvalue weighted by Gasteiger charge is -2.07. The predicted molar refractivity (Wildman–Crippen MR) is 196 cm³/mol. The third-order valence-electron chi connectivity index (χ3n) is 7.45. The van der Waals surface area contributed by atoms with Gasteiger partial charge in [-0.1, -0.05) is 6.07 Å². The van der Waals surface area contributed by atoms with Gasteiger partial charge < -0.3 is 23.7 Å². The molecule has 51 heavy (non-hydrogen) atoms. The maximum Gasteiger partial charge on any atom is 0.343 e. The molecule has 0 aliphatic rings. The molecule has 6 rings (SSSR count). The summed E-state index contributed by atoms with van der Waals surface area (Å²) in [5.74, 6) is 2.58. The number of nitrogens with zero attached hydrogens (tertiary/aromatic N) is 2. The van der Waals surface area contributed by atoms with Crippen LogP contribution in [0.2, 0.25) is 0 Å². The van der Waals surface area contributed by atoms with Crippen LogP contribution in [0.15, 0.2) is 156 Å². The van der Waals surface area contributed by atoms with Crippen LogP contribution in [0, 0.1) is 0 Å². The molecule has 0 N–H and O–H groups in total. The number of methoxy groups -OCH3 is 2. The first-order valence-corrected chi connectivity index (χ1v) is 15.8. The smallest absolute Gasteiger partial charge is 0.343 e. The van der Waals surface area contributed by atoms with Crippen molar-refractivity contribution in [2.24, 2.45) is 9.98 Å². The number of carbonyl (C=O) groups is 2. The monoisotopic (exact) mass is 676 g/mol. The van der Waals surface area contributed by atoms with Crippen molar-refractivity contribution in [1.29, 1.82) is 0 Å². The fourth-order valence-electron chi connectivity index (χ4n) is 4.69. The summed E-state index contributed by atoms with van der Waals surface area (Å²) < 4.78 is 27.2. The predicted octanol–water partition coefficient (Wildman–Crippen LogP) is 9.44. The average molecular weight is 677 g/mol. The number of hydrogen-bond acceptors (Lipinski definition) is 9. The summed E-state index contributed by atoms with van der Waals surface area (Å²) in [5.41, 5.74) is 4.01. The molecule has 9 heteroatoms. The third kappa shape index (κ3) is 9.55. The first-order valence-electron chi connectivity index (χ1n) is 15.8. The van der Waals surface area contributed by atoms with Gasteiger partial charge in [-0.05, 0) is 145 Å². The minimum atomic E-state index is -0.451. The fourth-order valence-corrected chi connectivity index (χ4v) is 4.69. The highest BCUT2D eigenvalue weighted by Gasteiger charge is 2.10. The van der Waals surface area contributed by atoms with E-state index in [1.54, 1.807) is 99.4 Å². The van der Waals surface area contributed by atoms with Gasteiger partial charge in [-0.2, -0.15) is 0 Å². The first-order chi connectivity index (χ1) is 24.9. The Balaban J connectivity index is 0.990. The van der Waals surface area contributed by atoms with Gasteiger partial charge in [0.15, 0.2) is 0 Å². The molecular formula is C42H32N2O7. The SMILES string of the molecule is COc1ccc(C(=O)Oc2ccc(C=Nc3ccc(Oc4cccc(N=Cc5ccc(OC(=O)c6ccc(OC)cc6)cc5)c4)cc3)cc2)cc1. The van der Waals surface area contributed by atoms with Gasteiger partial charge in [-0.15, -0.1) is 0 Å². The highest BCUT2D eigenvalue weighted by Crippen LogP contribution is 2.27. The van der Waals surface area contributed by atoms with Crippen molar-refractivity contribution in [3.05, 3.63) is 168 Å². The Bertz CT molecular complexity index is 2140. The van der Waals surface area contributed by atoms with Crippen molar-refractivity contribution in [3.63, 3.8) is 0 Å². The zero-order valence-corrected chi connectivity index (χ0v) is 27.8. The van der Waals surface area contributed by atoms with E-state index in [4.69, 9.17) is 23.7 Å². The Kier molecular flexibility index (Phi) is 10.9. The molecule has 0 heterocycles. The van der Waals surface area contributed by atoms with E-state index >= 15 is 0 Å². The molecule has 0 aliphatic heterocycles. The van der Waals surface area contributed by atoms with Gasteiger partial charge in [-0.3, -0.25) is 9.98 Å². The molecule has 0 aliphatic carbocycles. The van der Waals surface area contributed by atoms with Gasteiger partial charge in [0, 0.05) is 18.5 Å². The van der Waals surface area contributed by atoms with E-state index in [0.717, 1.165) is 16.8 Å². The van der Waals surface area contributed by atoms with Crippen LogP contribution in [0.1, 0.15) is 31.8 Å². The summed E-state index contributed by atoms with van der Waals surface area (Å²) in [5, 5.41) is 0. The second-order valence-electron chi connectivity index (χ2n) is 11.0. The van der Waals surface area contributed by atoms with Crippen molar-refractivity contribution in [2.45, 2.75) is 0 Å². The second-order valence-corrected chi connectivity index (χ2v) is 11.0. The Morgan fingerprint density at radius 1 is 0.451 bits per heavy atom.